The molecule has 1 aliphatic heterocycles. The van der Waals surface area contributed by atoms with Crippen LogP contribution < -0.4 is 14.4 Å². The fourth-order valence-electron chi connectivity index (χ4n) is 2.91. The van der Waals surface area contributed by atoms with Gasteiger partial charge < -0.3 is 9.47 Å². The van der Waals surface area contributed by atoms with E-state index >= 15 is 0 Å². The lowest BCUT2D eigenvalue weighted by Gasteiger charge is -2.29. The minimum atomic E-state index is -3.44. The van der Waals surface area contributed by atoms with Crippen molar-refractivity contribution in [1.82, 2.24) is 0 Å². The van der Waals surface area contributed by atoms with Crippen molar-refractivity contribution in [3.63, 3.8) is 0 Å². The molecule has 0 bridgehead atoms. The fourth-order valence-corrected chi connectivity index (χ4v) is 4.18. The van der Waals surface area contributed by atoms with Gasteiger partial charge in [0, 0.05) is 11.5 Å². The van der Waals surface area contributed by atoms with E-state index in [0.717, 1.165) is 5.41 Å². The van der Waals surface area contributed by atoms with Crippen LogP contribution in [0.3, 0.4) is 0 Å². The van der Waals surface area contributed by atoms with Crippen LogP contribution in [0.5, 0.6) is 11.5 Å². The smallest absolute Gasteiger partial charge is 0.261 e. The standard InChI is InChI=1S/C19H18FNO5S/c1-25-14-7-8-17(18(11-14)26-2)21(13-9-10-27(23,24)12-13)19(22)15-5-3-4-6-16(15)20/h3-11,13H,12H2,1-2H3/t13-/m0/s1. The highest BCUT2D eigenvalue weighted by atomic mass is 32.2. The lowest BCUT2D eigenvalue weighted by Crippen LogP contribution is -2.41. The zero-order chi connectivity index (χ0) is 19.6. The molecule has 6 nitrogen and oxygen atoms in total. The molecule has 0 saturated heterocycles. The third-order valence-corrected chi connectivity index (χ3v) is 5.59. The quantitative estimate of drug-likeness (QED) is 0.784. The summed E-state index contributed by atoms with van der Waals surface area (Å²) < 4.78 is 48.6. The maximum absolute atomic E-state index is 14.2. The second-order valence-electron chi connectivity index (χ2n) is 5.92. The summed E-state index contributed by atoms with van der Waals surface area (Å²) in [5.41, 5.74) is 0.159. The summed E-state index contributed by atoms with van der Waals surface area (Å²) in [6.07, 6.45) is 1.41. The van der Waals surface area contributed by atoms with E-state index in [0.29, 0.717) is 17.2 Å². The largest absolute Gasteiger partial charge is 0.497 e. The second kappa shape index (κ2) is 7.40. The molecule has 2 aromatic carbocycles. The number of hydrogen-bond acceptors (Lipinski definition) is 5. The van der Waals surface area contributed by atoms with Crippen LogP contribution in [0.25, 0.3) is 0 Å². The maximum atomic E-state index is 14.2. The van der Waals surface area contributed by atoms with Crippen LogP contribution >= 0.6 is 0 Å². The number of amides is 1. The van der Waals surface area contributed by atoms with Gasteiger partial charge in [0.1, 0.15) is 17.3 Å². The molecule has 1 amide bonds. The minimum absolute atomic E-state index is 0.159. The molecule has 142 valence electrons. The van der Waals surface area contributed by atoms with Gasteiger partial charge in [0.15, 0.2) is 9.84 Å². The Hall–Kier alpha value is -2.87. The molecule has 8 heteroatoms. The third kappa shape index (κ3) is 3.80. The molecule has 0 spiro atoms. The Morgan fingerprint density at radius 1 is 1.15 bits per heavy atom. The van der Waals surface area contributed by atoms with Crippen LogP contribution in [0.4, 0.5) is 10.1 Å². The number of benzene rings is 2. The summed E-state index contributed by atoms with van der Waals surface area (Å²) in [7, 11) is -0.529. The Morgan fingerprint density at radius 2 is 1.89 bits per heavy atom. The van der Waals surface area contributed by atoms with Crippen LogP contribution in [0, 0.1) is 5.82 Å². The van der Waals surface area contributed by atoms with Gasteiger partial charge in [0.2, 0.25) is 0 Å². The van der Waals surface area contributed by atoms with Gasteiger partial charge in [-0.05, 0) is 30.3 Å². The summed E-state index contributed by atoms with van der Waals surface area (Å²) in [6.45, 7) is 0. The highest BCUT2D eigenvalue weighted by Crippen LogP contribution is 2.36. The van der Waals surface area contributed by atoms with Gasteiger partial charge in [0.25, 0.3) is 5.91 Å². The minimum Gasteiger partial charge on any atom is -0.497 e. The Labute approximate surface area is 156 Å². The van der Waals surface area contributed by atoms with E-state index in [2.05, 4.69) is 0 Å². The normalized spacial score (nSPS) is 17.5. The van der Waals surface area contributed by atoms with Gasteiger partial charge in [-0.1, -0.05) is 12.1 Å². The Bertz CT molecular complexity index is 1000. The number of ether oxygens (including phenoxy) is 2. The van der Waals surface area contributed by atoms with Crippen molar-refractivity contribution >= 4 is 21.4 Å². The molecule has 27 heavy (non-hydrogen) atoms. The van der Waals surface area contributed by atoms with E-state index in [1.165, 1.54) is 43.4 Å². The van der Waals surface area contributed by atoms with Crippen LogP contribution in [0.1, 0.15) is 10.4 Å². The molecule has 2 aromatic rings. The van der Waals surface area contributed by atoms with Crippen molar-refractivity contribution in [2.75, 3.05) is 24.9 Å². The molecular weight excluding hydrogens is 373 g/mol. The molecule has 1 aliphatic rings. The maximum Gasteiger partial charge on any atom is 0.261 e. The number of rotatable bonds is 5. The van der Waals surface area contributed by atoms with Crippen molar-refractivity contribution in [3.05, 3.63) is 65.3 Å². The van der Waals surface area contributed by atoms with Gasteiger partial charge in [-0.15, -0.1) is 0 Å². The third-order valence-electron chi connectivity index (χ3n) is 4.21. The number of hydrogen-bond donors (Lipinski definition) is 0. The first kappa shape index (κ1) is 18.9. The molecule has 0 saturated carbocycles. The van der Waals surface area contributed by atoms with E-state index < -0.39 is 27.6 Å². The van der Waals surface area contributed by atoms with Crippen molar-refractivity contribution in [2.24, 2.45) is 0 Å². The summed E-state index contributed by atoms with van der Waals surface area (Å²) in [5.74, 6) is -0.837. The Balaban J connectivity index is 2.13. The average Bonchev–Trinajstić information content (AvgIpc) is 3.01. The van der Waals surface area contributed by atoms with Crippen LogP contribution in [-0.4, -0.2) is 40.3 Å². The molecule has 1 heterocycles. The molecule has 1 atom stereocenters. The first-order valence-corrected chi connectivity index (χ1v) is 9.79. The van der Waals surface area contributed by atoms with E-state index in [-0.39, 0.29) is 11.3 Å². The molecule has 0 aliphatic carbocycles. The zero-order valence-corrected chi connectivity index (χ0v) is 15.6. The molecule has 0 aromatic heterocycles. The van der Waals surface area contributed by atoms with Crippen LogP contribution in [0.15, 0.2) is 53.9 Å². The summed E-state index contributed by atoms with van der Waals surface area (Å²) in [4.78, 5) is 14.4. The van der Waals surface area contributed by atoms with E-state index in [4.69, 9.17) is 9.47 Å². The zero-order valence-electron chi connectivity index (χ0n) is 14.8. The SMILES string of the molecule is COc1ccc(N(C(=O)c2ccccc2F)[C@H]2C=CS(=O)(=O)C2)c(OC)c1. The molecule has 0 radical (unpaired) electrons. The summed E-state index contributed by atoms with van der Waals surface area (Å²) >= 11 is 0. The first-order chi connectivity index (χ1) is 12.9. The van der Waals surface area contributed by atoms with E-state index in [1.807, 2.05) is 0 Å². The van der Waals surface area contributed by atoms with Crippen molar-refractivity contribution in [1.29, 1.82) is 0 Å². The van der Waals surface area contributed by atoms with Crippen molar-refractivity contribution in [2.45, 2.75) is 6.04 Å². The topological polar surface area (TPSA) is 72.9 Å². The number of carbonyl (C=O) groups excluding carboxylic acids is 1. The molecule has 0 N–H and O–H groups in total. The number of sulfone groups is 1. The van der Waals surface area contributed by atoms with Crippen LogP contribution in [-0.2, 0) is 9.84 Å². The van der Waals surface area contributed by atoms with Gasteiger partial charge in [-0.2, -0.15) is 0 Å². The van der Waals surface area contributed by atoms with Crippen molar-refractivity contribution in [3.8, 4) is 11.5 Å². The number of methoxy groups -OCH3 is 2. The molecule has 0 fully saturated rings. The fraction of sp³-hybridized carbons (Fsp3) is 0.211. The predicted octanol–water partition coefficient (Wildman–Crippen LogP) is 2.80. The van der Waals surface area contributed by atoms with E-state index in [9.17, 15) is 17.6 Å². The van der Waals surface area contributed by atoms with Gasteiger partial charge >= 0.3 is 0 Å². The monoisotopic (exact) mass is 391 g/mol. The number of nitrogens with zero attached hydrogens (tertiary/aromatic N) is 1. The summed E-state index contributed by atoms with van der Waals surface area (Å²) in [5, 5.41) is 1.06. The first-order valence-electron chi connectivity index (χ1n) is 8.07. The van der Waals surface area contributed by atoms with Gasteiger partial charge in [-0.3, -0.25) is 9.69 Å². The highest BCUT2D eigenvalue weighted by molar-refractivity contribution is 7.94. The van der Waals surface area contributed by atoms with Crippen LogP contribution in [0.2, 0.25) is 0 Å². The predicted molar refractivity (Wildman–Crippen MR) is 99.5 cm³/mol. The van der Waals surface area contributed by atoms with Crippen molar-refractivity contribution < 1.29 is 27.1 Å². The lowest BCUT2D eigenvalue weighted by molar-refractivity contribution is 0.0978. The Kier molecular flexibility index (Phi) is 5.18. The lowest BCUT2D eigenvalue weighted by atomic mass is 10.1. The molecular formula is C19H18FNO5S. The number of carbonyl (C=O) groups is 1. The molecule has 0 unspecified atom stereocenters. The average molecular weight is 391 g/mol. The van der Waals surface area contributed by atoms with Gasteiger partial charge in [0.05, 0.1) is 37.3 Å². The summed E-state index contributed by atoms with van der Waals surface area (Å²) in [6, 6.07) is 9.53. The number of anilines is 1. The number of halogens is 1. The van der Waals surface area contributed by atoms with E-state index in [1.54, 1.807) is 24.3 Å². The Morgan fingerprint density at radius 3 is 2.48 bits per heavy atom. The van der Waals surface area contributed by atoms with Gasteiger partial charge in [-0.25, -0.2) is 12.8 Å². The highest BCUT2D eigenvalue weighted by Gasteiger charge is 2.34. The second-order valence-corrected chi connectivity index (χ2v) is 7.85. The molecule has 3 rings (SSSR count).